The van der Waals surface area contributed by atoms with Crippen molar-refractivity contribution < 1.29 is 46.1 Å². The molecule has 4 aromatic rings. The fourth-order valence-electron chi connectivity index (χ4n) is 3.45. The summed E-state index contributed by atoms with van der Waals surface area (Å²) >= 11 is 2.32. The minimum Gasteiger partial charge on any atom is -0.545 e. The molecule has 0 saturated heterocycles. The van der Waals surface area contributed by atoms with Gasteiger partial charge in [0.25, 0.3) is 0 Å². The first kappa shape index (κ1) is 36.9. The molecule has 0 heterocycles. The van der Waals surface area contributed by atoms with E-state index in [1.54, 1.807) is 0 Å². The molecule has 0 unspecified atom stereocenters. The number of alkyl halides is 6. The molecule has 0 aliphatic carbocycles. The molecule has 13 heteroatoms. The van der Waals surface area contributed by atoms with Gasteiger partial charge in [-0.15, -0.1) is 23.5 Å². The first-order valence-electron chi connectivity index (χ1n) is 11.9. The SMILES string of the molecule is O=C([O-])c1cc(C(F)(F)F)ccc1SCc1ccccc1.O=C([O-])c1cc(C(F)(F)F)ccc1SCc1ccccc1.[Ba+2]. The molecule has 43 heavy (non-hydrogen) atoms. The third kappa shape index (κ3) is 11.6. The Morgan fingerprint density at radius 2 is 0.884 bits per heavy atom. The summed E-state index contributed by atoms with van der Waals surface area (Å²) in [4.78, 5) is 22.6. The van der Waals surface area contributed by atoms with E-state index in [9.17, 15) is 46.1 Å². The molecule has 0 N–H and O–H groups in total. The van der Waals surface area contributed by atoms with Crippen LogP contribution in [0.1, 0.15) is 43.0 Å². The number of halogens is 6. The van der Waals surface area contributed by atoms with Crippen LogP contribution in [0.2, 0.25) is 0 Å². The van der Waals surface area contributed by atoms with Gasteiger partial charge in [-0.3, -0.25) is 0 Å². The van der Waals surface area contributed by atoms with Gasteiger partial charge in [-0.2, -0.15) is 26.3 Å². The van der Waals surface area contributed by atoms with Crippen LogP contribution < -0.4 is 10.2 Å². The van der Waals surface area contributed by atoms with E-state index >= 15 is 0 Å². The van der Waals surface area contributed by atoms with Crippen molar-refractivity contribution in [2.24, 2.45) is 0 Å². The summed E-state index contributed by atoms with van der Waals surface area (Å²) in [5.41, 5.74) is -0.966. The summed E-state index contributed by atoms with van der Waals surface area (Å²) in [6, 6.07) is 23.8. The summed E-state index contributed by atoms with van der Waals surface area (Å²) in [7, 11) is 0. The topological polar surface area (TPSA) is 80.3 Å². The molecule has 0 atom stereocenters. The number of carbonyl (C=O) groups is 2. The Morgan fingerprint density at radius 1 is 0.558 bits per heavy atom. The van der Waals surface area contributed by atoms with Crippen molar-refractivity contribution in [3.05, 3.63) is 130 Å². The number of aromatic carboxylic acids is 2. The van der Waals surface area contributed by atoms with E-state index in [0.29, 0.717) is 23.6 Å². The fraction of sp³-hybridized carbons (Fsp3) is 0.133. The van der Waals surface area contributed by atoms with Crippen molar-refractivity contribution in [3.8, 4) is 0 Å². The second-order valence-corrected chi connectivity index (χ2v) is 10.6. The van der Waals surface area contributed by atoms with Gasteiger partial charge in [0.2, 0.25) is 0 Å². The van der Waals surface area contributed by atoms with Crippen LogP contribution in [0.5, 0.6) is 0 Å². The Hall–Kier alpha value is -2.33. The largest absolute Gasteiger partial charge is 2.00 e. The third-order valence-corrected chi connectivity index (χ3v) is 7.82. The van der Waals surface area contributed by atoms with Crippen molar-refractivity contribution in [3.63, 3.8) is 0 Å². The van der Waals surface area contributed by atoms with Crippen molar-refractivity contribution >= 4 is 84.3 Å². The normalized spacial score (nSPS) is 11.1. The number of carboxylic acids is 2. The van der Waals surface area contributed by atoms with Gasteiger partial charge in [-0.25, -0.2) is 0 Å². The van der Waals surface area contributed by atoms with E-state index in [1.807, 2.05) is 60.7 Å². The quantitative estimate of drug-likeness (QED) is 0.119. The van der Waals surface area contributed by atoms with Crippen LogP contribution in [0, 0.1) is 0 Å². The molecule has 0 fully saturated rings. The minimum absolute atomic E-state index is 0. The van der Waals surface area contributed by atoms with E-state index in [0.717, 1.165) is 46.8 Å². The standard InChI is InChI=1S/2C15H11F3O2S.Ba/c2*16-15(17,18)11-6-7-13(12(8-11)14(19)20)21-9-10-4-2-1-3-5-10;/h2*1-8H,9H2,(H,19,20);/q;;+2/p-2. The third-order valence-electron chi connectivity index (χ3n) is 5.53. The van der Waals surface area contributed by atoms with Gasteiger partial charge in [0.05, 0.1) is 23.1 Å². The first-order valence-corrected chi connectivity index (χ1v) is 13.9. The molecule has 0 saturated carbocycles. The van der Waals surface area contributed by atoms with Crippen molar-refractivity contribution in [2.45, 2.75) is 33.6 Å². The van der Waals surface area contributed by atoms with Gasteiger partial charge in [0.15, 0.2) is 0 Å². The van der Waals surface area contributed by atoms with Crippen LogP contribution in [0.15, 0.2) is 107 Å². The first-order chi connectivity index (χ1) is 19.8. The van der Waals surface area contributed by atoms with Crippen molar-refractivity contribution in [2.75, 3.05) is 0 Å². The van der Waals surface area contributed by atoms with E-state index in [1.165, 1.54) is 12.1 Å². The Kier molecular flexibility index (Phi) is 14.3. The number of hydrogen-bond acceptors (Lipinski definition) is 6. The van der Waals surface area contributed by atoms with E-state index < -0.39 is 46.5 Å². The van der Waals surface area contributed by atoms with Crippen molar-refractivity contribution in [1.82, 2.24) is 0 Å². The Labute approximate surface area is 292 Å². The zero-order chi connectivity index (χ0) is 30.9. The molecular weight excluding hydrogens is 740 g/mol. The number of thioether (sulfide) groups is 2. The zero-order valence-electron chi connectivity index (χ0n) is 22.1. The molecule has 0 aliphatic rings. The van der Waals surface area contributed by atoms with Gasteiger partial charge in [-0.1, -0.05) is 60.7 Å². The molecule has 0 aromatic heterocycles. The molecule has 4 nitrogen and oxygen atoms in total. The second-order valence-electron chi connectivity index (χ2n) is 8.54. The average Bonchev–Trinajstić information content (AvgIpc) is 2.95. The van der Waals surface area contributed by atoms with Gasteiger partial charge < -0.3 is 19.8 Å². The number of hydrogen-bond donors (Lipinski definition) is 0. The van der Waals surface area contributed by atoms with E-state index in [-0.39, 0.29) is 58.7 Å². The number of rotatable bonds is 8. The molecule has 0 aliphatic heterocycles. The van der Waals surface area contributed by atoms with Crippen LogP contribution in [0.4, 0.5) is 26.3 Å². The minimum atomic E-state index is -4.58. The van der Waals surface area contributed by atoms with Crippen LogP contribution in [-0.4, -0.2) is 60.8 Å². The van der Waals surface area contributed by atoms with E-state index in [4.69, 9.17) is 0 Å². The monoisotopic (exact) mass is 760 g/mol. The molecule has 4 rings (SSSR count). The molecular formula is C30H20BaF6O4S2. The number of benzene rings is 4. The van der Waals surface area contributed by atoms with Gasteiger partial charge >= 0.3 is 61.2 Å². The number of carboxylic acid groups (broad SMARTS) is 2. The Balaban J connectivity index is 0.000000293. The van der Waals surface area contributed by atoms with Gasteiger partial charge in [-0.05, 0) is 47.5 Å². The Bertz CT molecular complexity index is 1400. The maximum Gasteiger partial charge on any atom is 2.00 e. The average molecular weight is 760 g/mol. The summed E-state index contributed by atoms with van der Waals surface area (Å²) in [5.74, 6) is -2.30. The summed E-state index contributed by atoms with van der Waals surface area (Å²) in [6.07, 6.45) is -9.15. The fourth-order valence-corrected chi connectivity index (χ4v) is 5.41. The summed E-state index contributed by atoms with van der Waals surface area (Å²) < 4.78 is 75.6. The van der Waals surface area contributed by atoms with Crippen LogP contribution in [0.3, 0.4) is 0 Å². The zero-order valence-corrected chi connectivity index (χ0v) is 28.1. The summed E-state index contributed by atoms with van der Waals surface area (Å²) in [5, 5.41) is 22.0. The molecule has 4 aromatic carbocycles. The van der Waals surface area contributed by atoms with Crippen LogP contribution in [0.25, 0.3) is 0 Å². The second kappa shape index (κ2) is 16.7. The molecule has 0 bridgehead atoms. The van der Waals surface area contributed by atoms with Gasteiger partial charge in [0, 0.05) is 32.4 Å². The van der Waals surface area contributed by atoms with E-state index in [2.05, 4.69) is 0 Å². The van der Waals surface area contributed by atoms with Crippen LogP contribution in [-0.2, 0) is 23.9 Å². The maximum absolute atomic E-state index is 12.6. The van der Waals surface area contributed by atoms with Gasteiger partial charge in [0.1, 0.15) is 0 Å². The molecule has 0 amide bonds. The van der Waals surface area contributed by atoms with Crippen molar-refractivity contribution in [1.29, 1.82) is 0 Å². The smallest absolute Gasteiger partial charge is 0.545 e. The number of carbonyl (C=O) groups excluding carboxylic acids is 2. The molecule has 220 valence electrons. The summed E-state index contributed by atoms with van der Waals surface area (Å²) in [6.45, 7) is 0. The van der Waals surface area contributed by atoms with Crippen LogP contribution >= 0.6 is 23.5 Å². The Morgan fingerprint density at radius 3 is 1.16 bits per heavy atom. The maximum atomic E-state index is 12.6. The predicted octanol–water partition coefficient (Wildman–Crippen LogP) is 6.34. The molecule has 0 spiro atoms. The predicted molar refractivity (Wildman–Crippen MR) is 149 cm³/mol. The molecule has 0 radical (unpaired) electrons.